The maximum absolute atomic E-state index is 11.3. The summed E-state index contributed by atoms with van der Waals surface area (Å²) in [6, 6.07) is 0. The summed E-state index contributed by atoms with van der Waals surface area (Å²) in [5.41, 5.74) is 0. The molecule has 15 heavy (non-hydrogen) atoms. The van der Waals surface area contributed by atoms with E-state index in [2.05, 4.69) is 4.99 Å². The van der Waals surface area contributed by atoms with Crippen molar-refractivity contribution in [1.29, 1.82) is 0 Å². The molecule has 0 saturated heterocycles. The second-order valence-corrected chi connectivity index (χ2v) is 3.06. The number of hydrogen-bond acceptors (Lipinski definition) is 3. The molecule has 88 valence electrons. The zero-order valence-corrected chi connectivity index (χ0v) is 10.2. The van der Waals surface area contributed by atoms with Crippen LogP contribution in [0, 0.1) is 0 Å². The van der Waals surface area contributed by atoms with Crippen LogP contribution < -0.4 is 0 Å². The lowest BCUT2D eigenvalue weighted by Crippen LogP contribution is -2.36. The number of amidine groups is 1. The van der Waals surface area contributed by atoms with Crippen LogP contribution in [0.5, 0.6) is 0 Å². The smallest absolute Gasteiger partial charge is 0.325 e. The summed E-state index contributed by atoms with van der Waals surface area (Å²) in [4.78, 5) is 17.6. The molecule has 0 unspecified atom stereocenters. The van der Waals surface area contributed by atoms with E-state index in [1.807, 2.05) is 32.6 Å². The van der Waals surface area contributed by atoms with Gasteiger partial charge in [-0.1, -0.05) is 6.92 Å². The van der Waals surface area contributed by atoms with Crippen LogP contribution in [-0.2, 0) is 9.53 Å². The van der Waals surface area contributed by atoms with Crippen LogP contribution in [-0.4, -0.2) is 42.9 Å². The van der Waals surface area contributed by atoms with Crippen LogP contribution >= 0.6 is 0 Å². The van der Waals surface area contributed by atoms with Crippen molar-refractivity contribution in [1.82, 2.24) is 4.90 Å². The Labute approximate surface area is 92.3 Å². The fourth-order valence-electron chi connectivity index (χ4n) is 1.37. The van der Waals surface area contributed by atoms with Gasteiger partial charge in [-0.05, 0) is 20.8 Å². The van der Waals surface area contributed by atoms with E-state index in [0.29, 0.717) is 13.2 Å². The highest BCUT2D eigenvalue weighted by molar-refractivity contribution is 5.85. The quantitative estimate of drug-likeness (QED) is 0.384. The van der Waals surface area contributed by atoms with Crippen LogP contribution in [0.1, 0.15) is 34.1 Å². The van der Waals surface area contributed by atoms with Gasteiger partial charge in [0.15, 0.2) is 0 Å². The SMILES string of the molecule is CCN=C(CC)N(CC)CC(=O)OCC. The van der Waals surface area contributed by atoms with E-state index in [1.165, 1.54) is 0 Å². The van der Waals surface area contributed by atoms with Crippen LogP contribution in [0.2, 0.25) is 0 Å². The lowest BCUT2D eigenvalue weighted by Gasteiger charge is -2.22. The summed E-state index contributed by atoms with van der Waals surface area (Å²) in [6.07, 6.45) is 0.848. The predicted octanol–water partition coefficient (Wildman–Crippen LogP) is 1.70. The van der Waals surface area contributed by atoms with Gasteiger partial charge in [0, 0.05) is 19.5 Å². The molecule has 0 amide bonds. The molecule has 0 saturated carbocycles. The lowest BCUT2D eigenvalue weighted by atomic mass is 10.3. The molecule has 0 radical (unpaired) electrons. The van der Waals surface area contributed by atoms with Gasteiger partial charge in [0.05, 0.1) is 12.4 Å². The standard InChI is InChI=1S/C11H22N2O2/c1-5-10(12-6-2)13(7-3)9-11(14)15-8-4/h5-9H2,1-4H3. The monoisotopic (exact) mass is 214 g/mol. The molecule has 4 heteroatoms. The van der Waals surface area contributed by atoms with Crippen molar-refractivity contribution >= 4 is 11.8 Å². The number of likely N-dealkylation sites (N-methyl/N-ethyl adjacent to an activating group) is 1. The summed E-state index contributed by atoms with van der Waals surface area (Å²) in [5.74, 6) is 0.796. The molecule has 0 bridgehead atoms. The summed E-state index contributed by atoms with van der Waals surface area (Å²) in [7, 11) is 0. The first-order valence-corrected chi connectivity index (χ1v) is 5.63. The Morgan fingerprint density at radius 1 is 1.27 bits per heavy atom. The van der Waals surface area contributed by atoms with Gasteiger partial charge in [0.2, 0.25) is 0 Å². The number of esters is 1. The normalized spacial score (nSPS) is 11.3. The second-order valence-electron chi connectivity index (χ2n) is 3.06. The van der Waals surface area contributed by atoms with Crippen molar-refractivity contribution in [2.75, 3.05) is 26.2 Å². The highest BCUT2D eigenvalue weighted by Gasteiger charge is 2.12. The average Bonchev–Trinajstić information content (AvgIpc) is 2.23. The first-order valence-electron chi connectivity index (χ1n) is 5.63. The number of ether oxygens (including phenoxy) is 1. The molecule has 0 heterocycles. The van der Waals surface area contributed by atoms with E-state index in [4.69, 9.17) is 4.74 Å². The Morgan fingerprint density at radius 2 is 1.93 bits per heavy atom. The van der Waals surface area contributed by atoms with Gasteiger partial charge >= 0.3 is 5.97 Å². The highest BCUT2D eigenvalue weighted by Crippen LogP contribution is 1.98. The average molecular weight is 214 g/mol. The Morgan fingerprint density at radius 3 is 2.33 bits per heavy atom. The molecule has 0 aromatic carbocycles. The van der Waals surface area contributed by atoms with Crippen LogP contribution in [0.25, 0.3) is 0 Å². The molecule has 0 aliphatic heterocycles. The molecule has 0 spiro atoms. The largest absolute Gasteiger partial charge is 0.465 e. The Kier molecular flexibility index (Phi) is 7.68. The third-order valence-electron chi connectivity index (χ3n) is 2.03. The highest BCUT2D eigenvalue weighted by atomic mass is 16.5. The number of nitrogens with zero attached hydrogens (tertiary/aromatic N) is 2. The molecular weight excluding hydrogens is 192 g/mol. The summed E-state index contributed by atoms with van der Waals surface area (Å²) < 4.78 is 4.91. The van der Waals surface area contributed by atoms with E-state index in [9.17, 15) is 4.79 Å². The third-order valence-corrected chi connectivity index (χ3v) is 2.03. The maximum atomic E-state index is 11.3. The number of aliphatic imine (C=N–C) groups is 1. The van der Waals surface area contributed by atoms with Gasteiger partial charge in [0.1, 0.15) is 6.54 Å². The van der Waals surface area contributed by atoms with Crippen LogP contribution in [0.4, 0.5) is 0 Å². The van der Waals surface area contributed by atoms with Crippen LogP contribution in [0.3, 0.4) is 0 Å². The van der Waals surface area contributed by atoms with Gasteiger partial charge in [-0.25, -0.2) is 0 Å². The van der Waals surface area contributed by atoms with E-state index in [-0.39, 0.29) is 5.97 Å². The molecular formula is C11H22N2O2. The van der Waals surface area contributed by atoms with Crippen molar-refractivity contribution in [3.8, 4) is 0 Å². The minimum absolute atomic E-state index is 0.184. The van der Waals surface area contributed by atoms with Crippen molar-refractivity contribution in [3.05, 3.63) is 0 Å². The lowest BCUT2D eigenvalue weighted by molar-refractivity contribution is -0.143. The summed E-state index contributed by atoms with van der Waals surface area (Å²) in [6.45, 7) is 10.1. The molecule has 0 N–H and O–H groups in total. The van der Waals surface area contributed by atoms with E-state index < -0.39 is 0 Å². The van der Waals surface area contributed by atoms with Crippen molar-refractivity contribution < 1.29 is 9.53 Å². The molecule has 0 aromatic rings. The van der Waals surface area contributed by atoms with Crippen LogP contribution in [0.15, 0.2) is 4.99 Å². The molecule has 0 aliphatic carbocycles. The Hall–Kier alpha value is -1.06. The number of hydrogen-bond donors (Lipinski definition) is 0. The first-order chi connectivity index (χ1) is 7.19. The van der Waals surface area contributed by atoms with E-state index in [0.717, 1.165) is 25.3 Å². The molecule has 0 aliphatic rings. The second kappa shape index (κ2) is 8.26. The Bertz CT molecular complexity index is 215. The van der Waals surface area contributed by atoms with Gasteiger partial charge in [-0.3, -0.25) is 9.79 Å². The first kappa shape index (κ1) is 13.9. The van der Waals surface area contributed by atoms with Gasteiger partial charge < -0.3 is 9.64 Å². The topological polar surface area (TPSA) is 41.9 Å². The zero-order chi connectivity index (χ0) is 11.7. The molecule has 0 rings (SSSR count). The minimum atomic E-state index is -0.184. The number of carbonyl (C=O) groups excluding carboxylic acids is 1. The number of carbonyl (C=O) groups is 1. The number of rotatable bonds is 6. The fraction of sp³-hybridized carbons (Fsp3) is 0.818. The van der Waals surface area contributed by atoms with Gasteiger partial charge in [0.25, 0.3) is 0 Å². The fourth-order valence-corrected chi connectivity index (χ4v) is 1.37. The predicted molar refractivity (Wildman–Crippen MR) is 62.1 cm³/mol. The minimum Gasteiger partial charge on any atom is -0.465 e. The van der Waals surface area contributed by atoms with E-state index >= 15 is 0 Å². The van der Waals surface area contributed by atoms with Crippen molar-refractivity contribution in [3.63, 3.8) is 0 Å². The zero-order valence-electron chi connectivity index (χ0n) is 10.2. The van der Waals surface area contributed by atoms with Crippen molar-refractivity contribution in [2.45, 2.75) is 34.1 Å². The Balaban J connectivity index is 4.33. The third kappa shape index (κ3) is 5.40. The summed E-state index contributed by atoms with van der Waals surface area (Å²) >= 11 is 0. The molecule has 4 nitrogen and oxygen atoms in total. The van der Waals surface area contributed by atoms with Gasteiger partial charge in [-0.15, -0.1) is 0 Å². The van der Waals surface area contributed by atoms with Gasteiger partial charge in [-0.2, -0.15) is 0 Å². The molecule has 0 atom stereocenters. The van der Waals surface area contributed by atoms with Crippen molar-refractivity contribution in [2.24, 2.45) is 4.99 Å². The van der Waals surface area contributed by atoms with E-state index in [1.54, 1.807) is 0 Å². The summed E-state index contributed by atoms with van der Waals surface area (Å²) in [5, 5.41) is 0. The molecule has 0 fully saturated rings. The molecule has 0 aromatic heterocycles. The maximum Gasteiger partial charge on any atom is 0.325 e.